The summed E-state index contributed by atoms with van der Waals surface area (Å²) < 4.78 is 0. The number of hydrogen-bond donors (Lipinski definition) is 3. The molecule has 0 aromatic rings. The van der Waals surface area contributed by atoms with Crippen molar-refractivity contribution in [1.29, 1.82) is 0 Å². The summed E-state index contributed by atoms with van der Waals surface area (Å²) in [6, 6.07) is 0. The van der Waals surface area contributed by atoms with Crippen LogP contribution in [0.2, 0.25) is 0 Å². The minimum atomic E-state index is -1.26. The van der Waals surface area contributed by atoms with Gasteiger partial charge in [-0.05, 0) is 0 Å². The Morgan fingerprint density at radius 1 is 1.10 bits per heavy atom. The number of rotatable bonds is 2. The normalized spacial score (nSPS) is 7.60. The Bertz CT molecular complexity index is 133. The van der Waals surface area contributed by atoms with Gasteiger partial charge in [-0.2, -0.15) is 0 Å². The van der Waals surface area contributed by atoms with Crippen LogP contribution < -0.4 is 57.5 Å². The van der Waals surface area contributed by atoms with Gasteiger partial charge in [0.2, 0.25) is 0 Å². The second-order valence-corrected chi connectivity index (χ2v) is 1.01. The Labute approximate surface area is 102 Å². The van der Waals surface area contributed by atoms with Crippen LogP contribution in [0.5, 0.6) is 0 Å². The first-order chi connectivity index (χ1) is 3.63. The zero-order chi connectivity index (χ0) is 6.57. The SMILES string of the molecule is N.O=C(O)/C=C\C(=O)O.[H-].[K+]. The molecule has 0 aromatic carbocycles. The maximum atomic E-state index is 9.55. The van der Waals surface area contributed by atoms with Crippen molar-refractivity contribution in [3.63, 3.8) is 0 Å². The van der Waals surface area contributed by atoms with E-state index in [9.17, 15) is 9.59 Å². The molecule has 0 aromatic heterocycles. The summed E-state index contributed by atoms with van der Waals surface area (Å²) in [7, 11) is 0. The molecule has 0 rings (SSSR count). The van der Waals surface area contributed by atoms with Gasteiger partial charge in [0.15, 0.2) is 0 Å². The first-order valence-electron chi connectivity index (χ1n) is 1.77. The Hall–Kier alpha value is 0.276. The molecule has 0 aliphatic heterocycles. The molecule has 0 bridgehead atoms. The Morgan fingerprint density at radius 3 is 1.40 bits per heavy atom. The van der Waals surface area contributed by atoms with E-state index < -0.39 is 11.9 Å². The van der Waals surface area contributed by atoms with Gasteiger partial charge < -0.3 is 17.8 Å². The zero-order valence-electron chi connectivity index (χ0n) is 6.57. The second-order valence-electron chi connectivity index (χ2n) is 1.01. The minimum absolute atomic E-state index is 0. The summed E-state index contributed by atoms with van der Waals surface area (Å²) >= 11 is 0. The van der Waals surface area contributed by atoms with Crippen molar-refractivity contribution in [3.05, 3.63) is 12.2 Å². The molecule has 5 nitrogen and oxygen atoms in total. The van der Waals surface area contributed by atoms with Crippen LogP contribution >= 0.6 is 0 Å². The predicted molar refractivity (Wildman–Crippen MR) is 30.5 cm³/mol. The maximum absolute atomic E-state index is 9.55. The van der Waals surface area contributed by atoms with Crippen LogP contribution in [-0.2, 0) is 9.59 Å². The molecular weight excluding hydrogens is 165 g/mol. The average molecular weight is 173 g/mol. The average Bonchev–Trinajstić information content (AvgIpc) is 1.61. The van der Waals surface area contributed by atoms with Gasteiger partial charge in [-0.3, -0.25) is 0 Å². The number of hydrogen-bond acceptors (Lipinski definition) is 3. The van der Waals surface area contributed by atoms with E-state index in [-0.39, 0.29) is 59.0 Å². The zero-order valence-corrected chi connectivity index (χ0v) is 8.70. The smallest absolute Gasteiger partial charge is 1.00 e. The Balaban J connectivity index is -0.0000000817. The molecule has 0 saturated carbocycles. The Kier molecular flexibility index (Phi) is 15.5. The second kappa shape index (κ2) is 9.28. The van der Waals surface area contributed by atoms with Crippen molar-refractivity contribution in [3.8, 4) is 0 Å². The van der Waals surface area contributed by atoms with Crippen LogP contribution in [-0.4, -0.2) is 22.2 Å². The Morgan fingerprint density at radius 2 is 1.30 bits per heavy atom. The van der Waals surface area contributed by atoms with E-state index in [1.807, 2.05) is 0 Å². The van der Waals surface area contributed by atoms with Crippen LogP contribution in [0.25, 0.3) is 0 Å². The van der Waals surface area contributed by atoms with E-state index in [1.165, 1.54) is 0 Å². The van der Waals surface area contributed by atoms with Crippen LogP contribution in [0.1, 0.15) is 1.43 Å². The fourth-order valence-electron chi connectivity index (χ4n) is 0.143. The van der Waals surface area contributed by atoms with Crippen molar-refractivity contribution in [2.75, 3.05) is 0 Å². The molecule has 5 N–H and O–H groups in total. The number of carbonyl (C=O) groups is 2. The van der Waals surface area contributed by atoms with Crippen molar-refractivity contribution in [2.45, 2.75) is 0 Å². The van der Waals surface area contributed by atoms with E-state index in [0.717, 1.165) is 0 Å². The van der Waals surface area contributed by atoms with Crippen molar-refractivity contribution < 1.29 is 72.6 Å². The van der Waals surface area contributed by atoms with Gasteiger partial charge in [0, 0.05) is 12.2 Å². The molecule has 54 valence electrons. The summed E-state index contributed by atoms with van der Waals surface area (Å²) in [5.41, 5.74) is 0. The third kappa shape index (κ3) is 15.7. The van der Waals surface area contributed by atoms with Crippen LogP contribution in [0, 0.1) is 0 Å². The molecule has 10 heavy (non-hydrogen) atoms. The van der Waals surface area contributed by atoms with E-state index >= 15 is 0 Å². The van der Waals surface area contributed by atoms with Crippen LogP contribution in [0.3, 0.4) is 0 Å². The summed E-state index contributed by atoms with van der Waals surface area (Å²) in [5.74, 6) is -2.51. The third-order valence-corrected chi connectivity index (χ3v) is 0.368. The molecule has 0 radical (unpaired) electrons. The van der Waals surface area contributed by atoms with E-state index in [1.54, 1.807) is 0 Å². The monoisotopic (exact) mass is 173 g/mol. The largest absolute Gasteiger partial charge is 1.00 e. The maximum Gasteiger partial charge on any atom is 1.00 e. The molecule has 0 saturated heterocycles. The number of carboxylic acid groups (broad SMARTS) is 2. The van der Waals surface area contributed by atoms with E-state index in [0.29, 0.717) is 12.2 Å². The van der Waals surface area contributed by atoms with E-state index in [2.05, 4.69) is 0 Å². The van der Waals surface area contributed by atoms with Gasteiger partial charge in [0.25, 0.3) is 0 Å². The summed E-state index contributed by atoms with van der Waals surface area (Å²) in [4.78, 5) is 19.1. The van der Waals surface area contributed by atoms with Gasteiger partial charge in [-0.1, -0.05) is 0 Å². The molecule has 0 aliphatic carbocycles. The van der Waals surface area contributed by atoms with Gasteiger partial charge in [-0.15, -0.1) is 0 Å². The number of carboxylic acids is 2. The predicted octanol–water partition coefficient (Wildman–Crippen LogP) is -3.01. The summed E-state index contributed by atoms with van der Waals surface area (Å²) in [5, 5.41) is 15.6. The van der Waals surface area contributed by atoms with Gasteiger partial charge in [0.1, 0.15) is 0 Å². The molecule has 0 fully saturated rings. The van der Waals surface area contributed by atoms with Crippen molar-refractivity contribution >= 4 is 11.9 Å². The van der Waals surface area contributed by atoms with Crippen LogP contribution in [0.4, 0.5) is 0 Å². The number of aliphatic carboxylic acids is 2. The van der Waals surface area contributed by atoms with Gasteiger partial charge in [-0.25, -0.2) is 9.59 Å². The molecule has 6 heteroatoms. The molecule has 0 heterocycles. The quantitative estimate of drug-likeness (QED) is 0.304. The van der Waals surface area contributed by atoms with Crippen molar-refractivity contribution in [1.82, 2.24) is 6.15 Å². The first kappa shape index (κ1) is 16.7. The fourth-order valence-corrected chi connectivity index (χ4v) is 0.143. The summed E-state index contributed by atoms with van der Waals surface area (Å²) in [6.45, 7) is 0. The van der Waals surface area contributed by atoms with E-state index in [4.69, 9.17) is 10.2 Å². The van der Waals surface area contributed by atoms with Gasteiger partial charge >= 0.3 is 63.3 Å². The molecule has 0 amide bonds. The standard InChI is InChI=1S/C4H4O4.K.H3N.H/c5-3(6)1-2-4(7)8;;;/h1-2H,(H,5,6)(H,7,8);;1H3;/q;+1;;-1/b2-1-;;;. The third-order valence-electron chi connectivity index (χ3n) is 0.368. The van der Waals surface area contributed by atoms with Crippen LogP contribution in [0.15, 0.2) is 12.2 Å². The topological polar surface area (TPSA) is 110 Å². The molecule has 0 spiro atoms. The molecular formula is C4H8KNO4. The molecule has 0 atom stereocenters. The first-order valence-corrected chi connectivity index (χ1v) is 1.77. The molecule has 0 unspecified atom stereocenters. The minimum Gasteiger partial charge on any atom is -1.00 e. The molecule has 0 aliphatic rings. The summed E-state index contributed by atoms with van der Waals surface area (Å²) in [6.07, 6.45) is 1.12. The van der Waals surface area contributed by atoms with Gasteiger partial charge in [0.05, 0.1) is 0 Å². The fraction of sp³-hybridized carbons (Fsp3) is 0. The van der Waals surface area contributed by atoms with Crippen molar-refractivity contribution in [2.24, 2.45) is 0 Å².